The second-order valence-corrected chi connectivity index (χ2v) is 7.18. The van der Waals surface area contributed by atoms with Gasteiger partial charge in [0.05, 0.1) is 5.56 Å². The van der Waals surface area contributed by atoms with Gasteiger partial charge in [0.1, 0.15) is 12.0 Å². The van der Waals surface area contributed by atoms with E-state index in [4.69, 9.17) is 0 Å². The van der Waals surface area contributed by atoms with Crippen LogP contribution in [0.25, 0.3) is 0 Å². The number of anilines is 1. The topological polar surface area (TPSA) is 56.7 Å². The molecule has 2 N–H and O–H groups in total. The first-order chi connectivity index (χ1) is 14.2. The molecular weight excluding hydrogens is 393 g/mol. The van der Waals surface area contributed by atoms with Crippen LogP contribution in [0.3, 0.4) is 0 Å². The summed E-state index contributed by atoms with van der Waals surface area (Å²) in [5.41, 5.74) is 1.04. The Labute approximate surface area is 173 Å². The van der Waals surface area contributed by atoms with Gasteiger partial charge in [0, 0.05) is 23.9 Å². The van der Waals surface area contributed by atoms with Crippen molar-refractivity contribution in [3.05, 3.63) is 77.5 Å². The van der Waals surface area contributed by atoms with Gasteiger partial charge in [-0.1, -0.05) is 12.1 Å². The lowest BCUT2D eigenvalue weighted by atomic mass is 10.1. The van der Waals surface area contributed by atoms with Crippen LogP contribution >= 0.6 is 0 Å². The van der Waals surface area contributed by atoms with E-state index in [9.17, 15) is 18.0 Å². The van der Waals surface area contributed by atoms with Gasteiger partial charge in [0.25, 0.3) is 5.91 Å². The molecule has 0 aromatic heterocycles. The summed E-state index contributed by atoms with van der Waals surface area (Å²) in [5, 5.41) is 5.85. The molecule has 1 amide bonds. The summed E-state index contributed by atoms with van der Waals surface area (Å²) in [5.74, 6) is 0.453. The fraction of sp³-hybridized carbons (Fsp3) is 0.273. The number of halogens is 3. The number of aryl methyl sites for hydroxylation is 1. The number of carbonyl (C=O) groups excluding carboxylic acids is 1. The smallest absolute Gasteiger partial charge is 0.351 e. The molecule has 1 aliphatic rings. The second-order valence-electron chi connectivity index (χ2n) is 7.18. The monoisotopic (exact) mass is 416 g/mol. The van der Waals surface area contributed by atoms with Gasteiger partial charge in [0.2, 0.25) is 0 Å². The number of amides is 1. The van der Waals surface area contributed by atoms with Crippen molar-refractivity contribution in [3.63, 3.8) is 0 Å². The molecule has 0 spiro atoms. The molecule has 0 saturated carbocycles. The van der Waals surface area contributed by atoms with Crippen LogP contribution in [-0.4, -0.2) is 36.9 Å². The average Bonchev–Trinajstić information content (AvgIpc) is 2.73. The molecular formula is C22H23F3N4O. The third-order valence-corrected chi connectivity index (χ3v) is 4.67. The lowest BCUT2D eigenvalue weighted by molar-refractivity contribution is -0.137. The van der Waals surface area contributed by atoms with Crippen molar-refractivity contribution in [1.82, 2.24) is 10.2 Å². The molecule has 2 aromatic rings. The zero-order chi connectivity index (χ0) is 21.7. The SMILES string of the molecule is CN(C)C1C=CNC(CCc2ccc(NC(=O)c3ccc(C(F)(F)F)cc3)cc2)=N1. The first kappa shape index (κ1) is 21.6. The van der Waals surface area contributed by atoms with Crippen molar-refractivity contribution in [1.29, 1.82) is 0 Å². The molecule has 0 radical (unpaired) electrons. The van der Waals surface area contributed by atoms with E-state index < -0.39 is 17.6 Å². The number of alkyl halides is 3. The molecule has 3 rings (SSSR count). The Kier molecular flexibility index (Phi) is 6.56. The zero-order valence-corrected chi connectivity index (χ0v) is 16.7. The third-order valence-electron chi connectivity index (χ3n) is 4.67. The van der Waals surface area contributed by atoms with Crippen LogP contribution in [0.15, 0.2) is 65.8 Å². The lowest BCUT2D eigenvalue weighted by Gasteiger charge is -2.22. The van der Waals surface area contributed by atoms with Crippen LogP contribution in [0.2, 0.25) is 0 Å². The van der Waals surface area contributed by atoms with E-state index in [0.29, 0.717) is 5.69 Å². The largest absolute Gasteiger partial charge is 0.416 e. The van der Waals surface area contributed by atoms with Gasteiger partial charge in [-0.3, -0.25) is 9.69 Å². The number of hydrogen-bond acceptors (Lipinski definition) is 4. The molecule has 0 aliphatic carbocycles. The van der Waals surface area contributed by atoms with Crippen LogP contribution in [0.5, 0.6) is 0 Å². The molecule has 1 heterocycles. The van der Waals surface area contributed by atoms with E-state index in [0.717, 1.165) is 36.4 Å². The Morgan fingerprint density at radius 2 is 1.73 bits per heavy atom. The highest BCUT2D eigenvalue weighted by Crippen LogP contribution is 2.29. The van der Waals surface area contributed by atoms with Gasteiger partial charge >= 0.3 is 6.18 Å². The number of aliphatic imine (C=N–C) groups is 1. The summed E-state index contributed by atoms with van der Waals surface area (Å²) in [6.45, 7) is 0. The number of carbonyl (C=O) groups is 1. The van der Waals surface area contributed by atoms with Crippen molar-refractivity contribution >= 4 is 17.4 Å². The van der Waals surface area contributed by atoms with Crippen molar-refractivity contribution in [3.8, 4) is 0 Å². The lowest BCUT2D eigenvalue weighted by Crippen LogP contribution is -2.32. The molecule has 0 bridgehead atoms. The van der Waals surface area contributed by atoms with Crippen LogP contribution in [-0.2, 0) is 12.6 Å². The minimum atomic E-state index is -4.42. The predicted molar refractivity (Wildman–Crippen MR) is 111 cm³/mol. The Morgan fingerprint density at radius 3 is 2.33 bits per heavy atom. The highest BCUT2D eigenvalue weighted by atomic mass is 19.4. The minimum absolute atomic E-state index is 0.0315. The maximum Gasteiger partial charge on any atom is 0.416 e. The maximum atomic E-state index is 12.6. The van der Waals surface area contributed by atoms with Gasteiger partial charge in [-0.2, -0.15) is 13.2 Å². The van der Waals surface area contributed by atoms with Crippen LogP contribution in [0.1, 0.15) is 27.9 Å². The zero-order valence-electron chi connectivity index (χ0n) is 16.7. The summed E-state index contributed by atoms with van der Waals surface area (Å²) in [6, 6.07) is 11.5. The molecule has 30 heavy (non-hydrogen) atoms. The van der Waals surface area contributed by atoms with Gasteiger partial charge in [-0.05, 0) is 68.6 Å². The highest BCUT2D eigenvalue weighted by Gasteiger charge is 2.30. The fourth-order valence-corrected chi connectivity index (χ4v) is 2.93. The third kappa shape index (κ3) is 5.70. The summed E-state index contributed by atoms with van der Waals surface area (Å²) >= 11 is 0. The average molecular weight is 416 g/mol. The number of rotatable bonds is 6. The second kappa shape index (κ2) is 9.13. The number of nitrogens with one attached hydrogen (secondary N) is 2. The Morgan fingerprint density at radius 1 is 1.07 bits per heavy atom. The van der Waals surface area contributed by atoms with Crippen LogP contribution in [0, 0.1) is 0 Å². The normalized spacial score (nSPS) is 16.2. The first-order valence-corrected chi connectivity index (χ1v) is 9.46. The molecule has 0 saturated heterocycles. The molecule has 1 unspecified atom stereocenters. The maximum absolute atomic E-state index is 12.6. The number of likely N-dealkylation sites (N-methyl/N-ethyl adjacent to an activating group) is 1. The molecule has 5 nitrogen and oxygen atoms in total. The highest BCUT2D eigenvalue weighted by molar-refractivity contribution is 6.04. The summed E-state index contributed by atoms with van der Waals surface area (Å²) < 4.78 is 37.9. The minimum Gasteiger partial charge on any atom is -0.351 e. The van der Waals surface area contributed by atoms with E-state index in [1.54, 1.807) is 12.1 Å². The fourth-order valence-electron chi connectivity index (χ4n) is 2.93. The Bertz CT molecular complexity index is 932. The number of amidine groups is 1. The van der Waals surface area contributed by atoms with Crippen LogP contribution in [0.4, 0.5) is 18.9 Å². The van der Waals surface area contributed by atoms with E-state index in [-0.39, 0.29) is 11.7 Å². The number of hydrogen-bond donors (Lipinski definition) is 2. The van der Waals surface area contributed by atoms with Gasteiger partial charge in [0.15, 0.2) is 0 Å². The van der Waals surface area contributed by atoms with E-state index >= 15 is 0 Å². The Balaban J connectivity index is 1.55. The molecule has 1 aliphatic heterocycles. The van der Waals surface area contributed by atoms with Crippen molar-refractivity contribution < 1.29 is 18.0 Å². The molecule has 0 fully saturated rings. The molecule has 158 valence electrons. The van der Waals surface area contributed by atoms with Crippen LogP contribution < -0.4 is 10.6 Å². The van der Waals surface area contributed by atoms with Crippen molar-refractivity contribution in [2.75, 3.05) is 19.4 Å². The summed E-state index contributed by atoms with van der Waals surface area (Å²) in [7, 11) is 3.94. The van der Waals surface area contributed by atoms with Gasteiger partial charge in [-0.15, -0.1) is 0 Å². The van der Waals surface area contributed by atoms with E-state index in [1.807, 2.05) is 43.4 Å². The first-order valence-electron chi connectivity index (χ1n) is 9.46. The van der Waals surface area contributed by atoms with Crippen molar-refractivity contribution in [2.24, 2.45) is 4.99 Å². The number of nitrogens with zero attached hydrogens (tertiary/aromatic N) is 2. The molecule has 1 atom stereocenters. The Hall–Kier alpha value is -3.13. The summed E-state index contributed by atoms with van der Waals surface area (Å²) in [4.78, 5) is 18.9. The molecule has 8 heteroatoms. The van der Waals surface area contributed by atoms with Gasteiger partial charge < -0.3 is 10.6 Å². The standard InChI is InChI=1S/C22H23F3N4O/c1-29(2)20-13-14-26-19(28-20)12-5-15-3-10-18(11-4-15)27-21(30)16-6-8-17(9-7-16)22(23,24)25/h3-4,6-11,13-14,20H,5,12H2,1-2H3,(H,26,28)(H,27,30). The van der Waals surface area contributed by atoms with E-state index in [2.05, 4.69) is 15.6 Å². The number of benzene rings is 2. The predicted octanol–water partition coefficient (Wildman–Crippen LogP) is 4.29. The quantitative estimate of drug-likeness (QED) is 0.739. The van der Waals surface area contributed by atoms with Crippen molar-refractivity contribution in [2.45, 2.75) is 25.2 Å². The summed E-state index contributed by atoms with van der Waals surface area (Å²) in [6.07, 6.45) is 1.03. The van der Waals surface area contributed by atoms with Gasteiger partial charge in [-0.25, -0.2) is 4.99 Å². The van der Waals surface area contributed by atoms with E-state index in [1.165, 1.54) is 12.1 Å². The molecule has 2 aromatic carbocycles.